The highest BCUT2D eigenvalue weighted by Crippen LogP contribution is 2.13. The summed E-state index contributed by atoms with van der Waals surface area (Å²) < 4.78 is 1.51. The lowest BCUT2D eigenvalue weighted by molar-refractivity contribution is -0.116. The summed E-state index contributed by atoms with van der Waals surface area (Å²) in [7, 11) is 1.71. The van der Waals surface area contributed by atoms with E-state index < -0.39 is 0 Å². The van der Waals surface area contributed by atoms with Crippen molar-refractivity contribution in [1.82, 2.24) is 9.78 Å². The Hall–Kier alpha value is -1.83. The van der Waals surface area contributed by atoms with Crippen molar-refractivity contribution in [2.24, 2.45) is 7.05 Å². The van der Waals surface area contributed by atoms with Crippen LogP contribution in [0.3, 0.4) is 0 Å². The average Bonchev–Trinajstić information content (AvgIpc) is 2.75. The number of carbonyl (C=O) groups is 1. The zero-order valence-corrected chi connectivity index (χ0v) is 11.8. The standard InChI is InChI=1S/C14H22N4O/c1-3-4-5-6-7-8-9-13(19)17-14-12(10-15)11-16-18(14)2/h11H,3-9H2,1-2H3,(H,17,19). The third-order valence-electron chi connectivity index (χ3n) is 3.07. The number of hydrogen-bond donors (Lipinski definition) is 1. The van der Waals surface area contributed by atoms with Crippen LogP contribution >= 0.6 is 0 Å². The topological polar surface area (TPSA) is 70.7 Å². The molecule has 5 heteroatoms. The molecule has 0 aromatic carbocycles. The highest BCUT2D eigenvalue weighted by atomic mass is 16.1. The summed E-state index contributed by atoms with van der Waals surface area (Å²) >= 11 is 0. The normalized spacial score (nSPS) is 10.2. The van der Waals surface area contributed by atoms with Crippen LogP contribution in [-0.4, -0.2) is 15.7 Å². The highest BCUT2D eigenvalue weighted by molar-refractivity contribution is 5.91. The lowest BCUT2D eigenvalue weighted by Gasteiger charge is -2.06. The summed E-state index contributed by atoms with van der Waals surface area (Å²) in [6, 6.07) is 2.01. The third kappa shape index (κ3) is 5.12. The molecule has 0 aliphatic rings. The first-order chi connectivity index (χ1) is 9.19. The van der Waals surface area contributed by atoms with Gasteiger partial charge >= 0.3 is 0 Å². The Labute approximate surface area is 114 Å². The molecule has 0 radical (unpaired) electrons. The van der Waals surface area contributed by atoms with E-state index in [9.17, 15) is 4.79 Å². The number of nitriles is 1. The van der Waals surface area contributed by atoms with Crippen molar-refractivity contribution in [3.8, 4) is 6.07 Å². The molecule has 0 saturated carbocycles. The van der Waals surface area contributed by atoms with Gasteiger partial charge < -0.3 is 5.32 Å². The first-order valence-corrected chi connectivity index (χ1v) is 6.91. The van der Waals surface area contributed by atoms with Crippen LogP contribution < -0.4 is 5.32 Å². The molecule has 0 atom stereocenters. The summed E-state index contributed by atoms with van der Waals surface area (Å²) in [5, 5.41) is 15.6. The molecular formula is C14H22N4O. The van der Waals surface area contributed by atoms with Crippen molar-refractivity contribution in [2.45, 2.75) is 51.9 Å². The molecule has 1 amide bonds. The molecule has 1 N–H and O–H groups in total. The molecule has 0 fully saturated rings. The molecule has 5 nitrogen and oxygen atoms in total. The molecule has 0 unspecified atom stereocenters. The second-order valence-electron chi connectivity index (χ2n) is 4.71. The summed E-state index contributed by atoms with van der Waals surface area (Å²) in [5.74, 6) is 0.439. The second kappa shape index (κ2) is 8.30. The first kappa shape index (κ1) is 15.2. The minimum absolute atomic E-state index is 0.0457. The van der Waals surface area contributed by atoms with Crippen molar-refractivity contribution in [1.29, 1.82) is 5.26 Å². The zero-order valence-electron chi connectivity index (χ0n) is 11.8. The number of aromatic nitrogens is 2. The maximum Gasteiger partial charge on any atom is 0.225 e. The van der Waals surface area contributed by atoms with Crippen molar-refractivity contribution in [3.05, 3.63) is 11.8 Å². The fourth-order valence-electron chi connectivity index (χ4n) is 1.93. The molecule has 1 rings (SSSR count). The molecule has 0 bridgehead atoms. The quantitative estimate of drug-likeness (QED) is 0.732. The Morgan fingerprint density at radius 3 is 2.74 bits per heavy atom. The van der Waals surface area contributed by atoms with Gasteiger partial charge in [0.1, 0.15) is 17.5 Å². The van der Waals surface area contributed by atoms with E-state index in [4.69, 9.17) is 5.26 Å². The maximum atomic E-state index is 11.8. The molecule has 1 aromatic heterocycles. The van der Waals surface area contributed by atoms with Gasteiger partial charge in [-0.25, -0.2) is 0 Å². The van der Waals surface area contributed by atoms with Gasteiger partial charge in [-0.2, -0.15) is 10.4 Å². The van der Waals surface area contributed by atoms with E-state index in [1.807, 2.05) is 6.07 Å². The van der Waals surface area contributed by atoms with Crippen LogP contribution in [0, 0.1) is 11.3 Å². The van der Waals surface area contributed by atoms with Gasteiger partial charge in [0.25, 0.3) is 0 Å². The van der Waals surface area contributed by atoms with Crippen LogP contribution in [0.2, 0.25) is 0 Å². The number of anilines is 1. The lowest BCUT2D eigenvalue weighted by Crippen LogP contribution is -2.14. The van der Waals surface area contributed by atoms with E-state index in [0.29, 0.717) is 17.8 Å². The Morgan fingerprint density at radius 1 is 1.37 bits per heavy atom. The van der Waals surface area contributed by atoms with Crippen LogP contribution in [0.4, 0.5) is 5.82 Å². The summed E-state index contributed by atoms with van der Waals surface area (Å²) in [4.78, 5) is 11.8. The Balaban J connectivity index is 2.28. The minimum atomic E-state index is -0.0457. The zero-order chi connectivity index (χ0) is 14.1. The van der Waals surface area contributed by atoms with Gasteiger partial charge in [0, 0.05) is 13.5 Å². The number of nitrogens with zero attached hydrogens (tertiary/aromatic N) is 3. The molecular weight excluding hydrogens is 240 g/mol. The fraction of sp³-hybridized carbons (Fsp3) is 0.643. The van der Waals surface area contributed by atoms with Crippen molar-refractivity contribution < 1.29 is 4.79 Å². The average molecular weight is 262 g/mol. The molecule has 0 aliphatic carbocycles. The van der Waals surface area contributed by atoms with Gasteiger partial charge in [-0.15, -0.1) is 0 Å². The van der Waals surface area contributed by atoms with Crippen LogP contribution in [0.15, 0.2) is 6.20 Å². The van der Waals surface area contributed by atoms with Crippen molar-refractivity contribution >= 4 is 11.7 Å². The Morgan fingerprint density at radius 2 is 2.05 bits per heavy atom. The Bertz CT molecular complexity index is 445. The smallest absolute Gasteiger partial charge is 0.225 e. The lowest BCUT2D eigenvalue weighted by atomic mass is 10.1. The molecule has 104 valence electrons. The van der Waals surface area contributed by atoms with E-state index in [2.05, 4.69) is 17.3 Å². The highest BCUT2D eigenvalue weighted by Gasteiger charge is 2.11. The maximum absolute atomic E-state index is 11.8. The van der Waals surface area contributed by atoms with Gasteiger partial charge in [0.2, 0.25) is 5.91 Å². The van der Waals surface area contributed by atoms with Crippen LogP contribution in [0.25, 0.3) is 0 Å². The largest absolute Gasteiger partial charge is 0.310 e. The van der Waals surface area contributed by atoms with Gasteiger partial charge in [-0.05, 0) is 6.42 Å². The number of carbonyl (C=O) groups excluding carboxylic acids is 1. The van der Waals surface area contributed by atoms with Gasteiger partial charge in [-0.3, -0.25) is 9.48 Å². The molecule has 1 aromatic rings. The van der Waals surface area contributed by atoms with E-state index in [1.165, 1.54) is 36.6 Å². The second-order valence-corrected chi connectivity index (χ2v) is 4.71. The summed E-state index contributed by atoms with van der Waals surface area (Å²) in [6.07, 6.45) is 8.89. The minimum Gasteiger partial charge on any atom is -0.310 e. The number of hydrogen-bond acceptors (Lipinski definition) is 3. The van der Waals surface area contributed by atoms with Crippen LogP contribution in [0.1, 0.15) is 57.4 Å². The first-order valence-electron chi connectivity index (χ1n) is 6.91. The predicted molar refractivity (Wildman–Crippen MR) is 74.5 cm³/mol. The van der Waals surface area contributed by atoms with Crippen molar-refractivity contribution in [2.75, 3.05) is 5.32 Å². The predicted octanol–water partition coefficient (Wildman–Crippen LogP) is 2.98. The van der Waals surface area contributed by atoms with Gasteiger partial charge in [0.05, 0.1) is 6.20 Å². The van der Waals surface area contributed by atoms with E-state index in [0.717, 1.165) is 12.8 Å². The van der Waals surface area contributed by atoms with Crippen molar-refractivity contribution in [3.63, 3.8) is 0 Å². The van der Waals surface area contributed by atoms with Gasteiger partial charge in [-0.1, -0.05) is 39.0 Å². The fourth-order valence-corrected chi connectivity index (χ4v) is 1.93. The number of unbranched alkanes of at least 4 members (excludes halogenated alkanes) is 5. The monoisotopic (exact) mass is 262 g/mol. The molecule has 1 heterocycles. The van der Waals surface area contributed by atoms with Crippen LogP contribution in [0.5, 0.6) is 0 Å². The number of amides is 1. The van der Waals surface area contributed by atoms with Crippen LogP contribution in [-0.2, 0) is 11.8 Å². The molecule has 0 spiro atoms. The number of aryl methyl sites for hydroxylation is 1. The molecule has 0 saturated heterocycles. The van der Waals surface area contributed by atoms with Gasteiger partial charge in [0.15, 0.2) is 0 Å². The Kier molecular flexibility index (Phi) is 6.65. The summed E-state index contributed by atoms with van der Waals surface area (Å²) in [6.45, 7) is 2.19. The summed E-state index contributed by atoms with van der Waals surface area (Å²) in [5.41, 5.74) is 0.402. The van der Waals surface area contributed by atoms with E-state index in [-0.39, 0.29) is 5.91 Å². The SMILES string of the molecule is CCCCCCCCC(=O)Nc1c(C#N)cnn1C. The van der Waals surface area contributed by atoms with E-state index in [1.54, 1.807) is 7.05 Å². The van der Waals surface area contributed by atoms with E-state index >= 15 is 0 Å². The number of nitrogens with one attached hydrogen (secondary N) is 1. The number of rotatable bonds is 8. The molecule has 0 aliphatic heterocycles. The molecule has 19 heavy (non-hydrogen) atoms. The third-order valence-corrected chi connectivity index (χ3v) is 3.07.